The van der Waals surface area contributed by atoms with Gasteiger partial charge in [-0.05, 0) is 25.0 Å². The first-order valence-corrected chi connectivity index (χ1v) is 9.07. The van der Waals surface area contributed by atoms with Crippen LogP contribution in [0.15, 0.2) is 29.3 Å². The van der Waals surface area contributed by atoms with E-state index in [-0.39, 0.29) is 17.8 Å². The second-order valence-electron chi connectivity index (χ2n) is 6.32. The maximum absolute atomic E-state index is 11.6. The molecule has 0 atom stereocenters. The zero-order valence-electron chi connectivity index (χ0n) is 16.2. The SMILES string of the molecule is CN=C(NCCOc1cccc(NC(C)=O)c1)N1CCC(C(=O)OC)CC1. The summed E-state index contributed by atoms with van der Waals surface area (Å²) in [5, 5.41) is 6.01. The lowest BCUT2D eigenvalue weighted by molar-refractivity contribution is -0.146. The highest BCUT2D eigenvalue weighted by atomic mass is 16.5. The van der Waals surface area contributed by atoms with Gasteiger partial charge in [-0.15, -0.1) is 0 Å². The summed E-state index contributed by atoms with van der Waals surface area (Å²) in [5.41, 5.74) is 0.706. The fourth-order valence-corrected chi connectivity index (χ4v) is 3.02. The van der Waals surface area contributed by atoms with Gasteiger partial charge in [0.2, 0.25) is 5.91 Å². The molecule has 2 rings (SSSR count). The predicted octanol–water partition coefficient (Wildman–Crippen LogP) is 1.48. The number of piperidine rings is 1. The van der Waals surface area contributed by atoms with E-state index in [2.05, 4.69) is 20.5 Å². The Hall–Kier alpha value is -2.77. The fraction of sp³-hybridized carbons (Fsp3) is 0.526. The highest BCUT2D eigenvalue weighted by molar-refractivity contribution is 5.88. The van der Waals surface area contributed by atoms with Gasteiger partial charge in [-0.3, -0.25) is 14.6 Å². The number of ether oxygens (including phenoxy) is 2. The van der Waals surface area contributed by atoms with Crippen LogP contribution in [0.3, 0.4) is 0 Å². The number of esters is 1. The van der Waals surface area contributed by atoms with Crippen LogP contribution >= 0.6 is 0 Å². The van der Waals surface area contributed by atoms with Gasteiger partial charge in [0, 0.05) is 38.8 Å². The van der Waals surface area contributed by atoms with Crippen LogP contribution in [0, 0.1) is 5.92 Å². The van der Waals surface area contributed by atoms with Crippen molar-refractivity contribution in [1.82, 2.24) is 10.2 Å². The number of guanidine groups is 1. The third kappa shape index (κ3) is 6.47. The number of anilines is 1. The molecule has 0 saturated carbocycles. The first-order valence-electron chi connectivity index (χ1n) is 9.07. The Morgan fingerprint density at radius 1 is 1.30 bits per heavy atom. The van der Waals surface area contributed by atoms with E-state index in [0.29, 0.717) is 24.6 Å². The molecule has 1 aliphatic rings. The molecule has 1 aliphatic heterocycles. The molecule has 0 unspecified atom stereocenters. The van der Waals surface area contributed by atoms with Crippen LogP contribution in [0.1, 0.15) is 19.8 Å². The van der Waals surface area contributed by atoms with Crippen molar-refractivity contribution in [3.63, 3.8) is 0 Å². The van der Waals surface area contributed by atoms with Crippen LogP contribution in [0.4, 0.5) is 5.69 Å². The van der Waals surface area contributed by atoms with Gasteiger partial charge < -0.3 is 25.0 Å². The summed E-state index contributed by atoms with van der Waals surface area (Å²) >= 11 is 0. The molecular formula is C19H28N4O4. The van der Waals surface area contributed by atoms with Crippen molar-refractivity contribution < 1.29 is 19.1 Å². The molecule has 0 radical (unpaired) electrons. The molecule has 1 aromatic carbocycles. The summed E-state index contributed by atoms with van der Waals surface area (Å²) < 4.78 is 10.5. The number of nitrogens with zero attached hydrogens (tertiary/aromatic N) is 2. The summed E-state index contributed by atoms with van der Waals surface area (Å²) in [6.45, 7) is 4.05. The van der Waals surface area contributed by atoms with Gasteiger partial charge in [0.15, 0.2) is 5.96 Å². The third-order valence-corrected chi connectivity index (χ3v) is 4.35. The van der Waals surface area contributed by atoms with E-state index in [9.17, 15) is 9.59 Å². The highest BCUT2D eigenvalue weighted by Gasteiger charge is 2.26. The lowest BCUT2D eigenvalue weighted by Crippen LogP contribution is -2.47. The average molecular weight is 376 g/mol. The van der Waals surface area contributed by atoms with Gasteiger partial charge in [0.05, 0.1) is 19.6 Å². The van der Waals surface area contributed by atoms with Crippen LogP contribution < -0.4 is 15.4 Å². The number of carbonyl (C=O) groups is 2. The smallest absolute Gasteiger partial charge is 0.308 e. The maximum Gasteiger partial charge on any atom is 0.308 e. The lowest BCUT2D eigenvalue weighted by Gasteiger charge is -2.33. The van der Waals surface area contributed by atoms with Crippen molar-refractivity contribution in [3.05, 3.63) is 24.3 Å². The molecule has 1 amide bonds. The summed E-state index contributed by atoms with van der Waals surface area (Å²) in [6.07, 6.45) is 1.53. The number of aliphatic imine (C=N–C) groups is 1. The van der Waals surface area contributed by atoms with Crippen LogP contribution in [-0.2, 0) is 14.3 Å². The van der Waals surface area contributed by atoms with Gasteiger partial charge >= 0.3 is 5.97 Å². The molecule has 8 heteroatoms. The largest absolute Gasteiger partial charge is 0.492 e. The van der Waals surface area contributed by atoms with E-state index in [1.807, 2.05) is 18.2 Å². The molecule has 1 saturated heterocycles. The number of benzene rings is 1. The Balaban J connectivity index is 1.74. The Bertz CT molecular complexity index is 669. The number of likely N-dealkylation sites (tertiary alicyclic amines) is 1. The topological polar surface area (TPSA) is 92.3 Å². The van der Waals surface area contributed by atoms with Crippen molar-refractivity contribution in [2.75, 3.05) is 45.7 Å². The Labute approximate surface area is 159 Å². The normalized spacial score (nSPS) is 15.2. The second-order valence-corrected chi connectivity index (χ2v) is 6.32. The summed E-state index contributed by atoms with van der Waals surface area (Å²) in [5.74, 6) is 1.22. The molecule has 148 valence electrons. The Morgan fingerprint density at radius 2 is 2.04 bits per heavy atom. The first-order chi connectivity index (χ1) is 13.0. The van der Waals surface area contributed by atoms with Crippen molar-refractivity contribution in [2.24, 2.45) is 10.9 Å². The van der Waals surface area contributed by atoms with Gasteiger partial charge in [0.1, 0.15) is 12.4 Å². The number of hydrogen-bond acceptors (Lipinski definition) is 5. The van der Waals surface area contributed by atoms with Crippen molar-refractivity contribution >= 4 is 23.5 Å². The molecule has 0 aromatic heterocycles. The number of hydrogen-bond donors (Lipinski definition) is 2. The van der Waals surface area contributed by atoms with E-state index >= 15 is 0 Å². The quantitative estimate of drug-likeness (QED) is 0.338. The Morgan fingerprint density at radius 3 is 2.67 bits per heavy atom. The van der Waals surface area contributed by atoms with Gasteiger partial charge in [0.25, 0.3) is 0 Å². The van der Waals surface area contributed by atoms with Crippen LogP contribution in [-0.4, -0.2) is 63.1 Å². The van der Waals surface area contributed by atoms with E-state index in [0.717, 1.165) is 31.9 Å². The monoisotopic (exact) mass is 376 g/mol. The van der Waals surface area contributed by atoms with Crippen LogP contribution in [0.5, 0.6) is 5.75 Å². The Kier molecular flexibility index (Phi) is 7.91. The molecule has 1 aromatic rings. The van der Waals surface area contributed by atoms with E-state index in [1.165, 1.54) is 14.0 Å². The molecular weight excluding hydrogens is 348 g/mol. The predicted molar refractivity (Wildman–Crippen MR) is 104 cm³/mol. The van der Waals surface area contributed by atoms with Gasteiger partial charge in [-0.2, -0.15) is 0 Å². The first kappa shape index (κ1) is 20.5. The molecule has 8 nitrogen and oxygen atoms in total. The fourth-order valence-electron chi connectivity index (χ4n) is 3.02. The molecule has 0 aliphatic carbocycles. The average Bonchev–Trinajstić information content (AvgIpc) is 2.67. The minimum Gasteiger partial charge on any atom is -0.492 e. The van der Waals surface area contributed by atoms with E-state index in [1.54, 1.807) is 13.1 Å². The van der Waals surface area contributed by atoms with Crippen LogP contribution in [0.2, 0.25) is 0 Å². The maximum atomic E-state index is 11.6. The summed E-state index contributed by atoms with van der Waals surface area (Å²) in [7, 11) is 3.17. The zero-order chi connectivity index (χ0) is 19.6. The number of methoxy groups -OCH3 is 1. The van der Waals surface area contributed by atoms with E-state index in [4.69, 9.17) is 9.47 Å². The molecule has 27 heavy (non-hydrogen) atoms. The van der Waals surface area contributed by atoms with Gasteiger partial charge in [-0.25, -0.2) is 0 Å². The minimum atomic E-state index is -0.132. The minimum absolute atomic E-state index is 0.0245. The standard InChI is InChI=1S/C19H28N4O4/c1-14(24)22-16-5-4-6-17(13-16)27-12-9-21-19(20-2)23-10-7-15(8-11-23)18(25)26-3/h4-6,13,15H,7-12H2,1-3H3,(H,20,21)(H,22,24). The molecule has 1 fully saturated rings. The van der Waals surface area contributed by atoms with Crippen molar-refractivity contribution in [2.45, 2.75) is 19.8 Å². The van der Waals surface area contributed by atoms with Crippen molar-refractivity contribution in [3.8, 4) is 5.75 Å². The van der Waals surface area contributed by atoms with Crippen LogP contribution in [0.25, 0.3) is 0 Å². The number of amides is 1. The van der Waals surface area contributed by atoms with Gasteiger partial charge in [-0.1, -0.05) is 6.07 Å². The highest BCUT2D eigenvalue weighted by Crippen LogP contribution is 2.19. The lowest BCUT2D eigenvalue weighted by atomic mass is 9.97. The number of nitrogens with one attached hydrogen (secondary N) is 2. The van der Waals surface area contributed by atoms with E-state index < -0.39 is 0 Å². The molecule has 0 spiro atoms. The second kappa shape index (κ2) is 10.4. The molecule has 2 N–H and O–H groups in total. The third-order valence-electron chi connectivity index (χ3n) is 4.35. The summed E-state index contributed by atoms with van der Waals surface area (Å²) in [6, 6.07) is 7.27. The van der Waals surface area contributed by atoms with Crippen molar-refractivity contribution in [1.29, 1.82) is 0 Å². The number of carbonyl (C=O) groups excluding carboxylic acids is 2. The molecule has 1 heterocycles. The zero-order valence-corrected chi connectivity index (χ0v) is 16.2. The number of rotatable bonds is 6. The summed E-state index contributed by atoms with van der Waals surface area (Å²) in [4.78, 5) is 29.2. The molecule has 0 bridgehead atoms.